The number of halogens is 3. The Balaban J connectivity index is 2.35. The lowest BCUT2D eigenvalue weighted by atomic mass is 10.1. The van der Waals surface area contributed by atoms with Crippen LogP contribution in [0.2, 0.25) is 0 Å². The third kappa shape index (κ3) is 2.96. The van der Waals surface area contributed by atoms with Crippen molar-refractivity contribution in [2.24, 2.45) is 5.73 Å². The van der Waals surface area contributed by atoms with Gasteiger partial charge in [-0.05, 0) is 12.5 Å². The fourth-order valence-corrected chi connectivity index (χ4v) is 1.89. The number of aryl methyl sites for hydroxylation is 1. The van der Waals surface area contributed by atoms with Gasteiger partial charge in [0, 0.05) is 12.1 Å². The van der Waals surface area contributed by atoms with Gasteiger partial charge in [-0.2, -0.15) is 18.3 Å². The Hall–Kier alpha value is -1.82. The standard InChI is InChI=1S/C13H14F3N3/c1-9-2-4-10(5-3-9)8-19-12(13(14,15)16)11(6-17)7-18-19/h2-5,7H,6,8,17H2,1H3. The molecule has 0 radical (unpaired) electrons. The minimum absolute atomic E-state index is 0.0135. The fraction of sp³-hybridized carbons (Fsp3) is 0.308. The van der Waals surface area contributed by atoms with Crippen LogP contribution >= 0.6 is 0 Å². The van der Waals surface area contributed by atoms with E-state index < -0.39 is 11.9 Å². The van der Waals surface area contributed by atoms with Crippen molar-refractivity contribution in [2.45, 2.75) is 26.2 Å². The maximum Gasteiger partial charge on any atom is 0.433 e. The largest absolute Gasteiger partial charge is 0.433 e. The van der Waals surface area contributed by atoms with Gasteiger partial charge in [0.1, 0.15) is 5.69 Å². The molecular weight excluding hydrogens is 255 g/mol. The first-order valence-corrected chi connectivity index (χ1v) is 5.79. The second kappa shape index (κ2) is 5.05. The smallest absolute Gasteiger partial charge is 0.326 e. The van der Waals surface area contributed by atoms with Gasteiger partial charge in [-0.3, -0.25) is 4.68 Å². The van der Waals surface area contributed by atoms with Crippen LogP contribution in [0.3, 0.4) is 0 Å². The zero-order chi connectivity index (χ0) is 14.0. The molecule has 0 aliphatic heterocycles. The molecule has 0 fully saturated rings. The summed E-state index contributed by atoms with van der Waals surface area (Å²) >= 11 is 0. The predicted molar refractivity (Wildman–Crippen MR) is 65.4 cm³/mol. The summed E-state index contributed by atoms with van der Waals surface area (Å²) in [5, 5.41) is 3.79. The van der Waals surface area contributed by atoms with E-state index in [0.29, 0.717) is 0 Å². The number of aromatic nitrogens is 2. The quantitative estimate of drug-likeness (QED) is 0.931. The normalized spacial score (nSPS) is 11.8. The first kappa shape index (κ1) is 13.6. The van der Waals surface area contributed by atoms with E-state index in [9.17, 15) is 13.2 Å². The minimum atomic E-state index is -4.45. The van der Waals surface area contributed by atoms with E-state index in [1.807, 2.05) is 19.1 Å². The lowest BCUT2D eigenvalue weighted by molar-refractivity contribution is -0.144. The molecule has 0 amide bonds. The number of rotatable bonds is 3. The van der Waals surface area contributed by atoms with Crippen LogP contribution in [0.4, 0.5) is 13.2 Å². The summed E-state index contributed by atoms with van der Waals surface area (Å²) in [5.74, 6) is 0. The van der Waals surface area contributed by atoms with Crippen LogP contribution in [-0.2, 0) is 19.3 Å². The Bertz CT molecular complexity index is 556. The van der Waals surface area contributed by atoms with Gasteiger partial charge in [0.15, 0.2) is 0 Å². The van der Waals surface area contributed by atoms with Gasteiger partial charge >= 0.3 is 6.18 Å². The molecule has 0 atom stereocenters. The van der Waals surface area contributed by atoms with Crippen molar-refractivity contribution >= 4 is 0 Å². The van der Waals surface area contributed by atoms with Crippen LogP contribution in [0.1, 0.15) is 22.4 Å². The Kier molecular flexibility index (Phi) is 3.61. The Morgan fingerprint density at radius 2 is 1.84 bits per heavy atom. The predicted octanol–water partition coefficient (Wildman–Crippen LogP) is 2.72. The van der Waals surface area contributed by atoms with Crippen molar-refractivity contribution in [3.05, 3.63) is 52.8 Å². The van der Waals surface area contributed by atoms with E-state index in [2.05, 4.69) is 5.10 Å². The van der Waals surface area contributed by atoms with Crippen molar-refractivity contribution in [3.8, 4) is 0 Å². The van der Waals surface area contributed by atoms with E-state index in [1.165, 1.54) is 6.20 Å². The average Bonchev–Trinajstić information content (AvgIpc) is 2.75. The highest BCUT2D eigenvalue weighted by Crippen LogP contribution is 2.32. The van der Waals surface area contributed by atoms with Gasteiger partial charge < -0.3 is 5.73 Å². The topological polar surface area (TPSA) is 43.8 Å². The van der Waals surface area contributed by atoms with Crippen LogP contribution < -0.4 is 5.73 Å². The summed E-state index contributed by atoms with van der Waals surface area (Å²) in [6.45, 7) is 1.82. The fourth-order valence-electron chi connectivity index (χ4n) is 1.89. The van der Waals surface area contributed by atoms with E-state index in [-0.39, 0.29) is 18.7 Å². The Labute approximate surface area is 108 Å². The van der Waals surface area contributed by atoms with Crippen LogP contribution in [0, 0.1) is 6.92 Å². The molecule has 1 heterocycles. The van der Waals surface area contributed by atoms with Crippen molar-refractivity contribution < 1.29 is 13.2 Å². The third-order valence-electron chi connectivity index (χ3n) is 2.86. The molecule has 0 spiro atoms. The molecule has 0 aliphatic carbocycles. The number of nitrogens with zero attached hydrogens (tertiary/aromatic N) is 2. The van der Waals surface area contributed by atoms with E-state index >= 15 is 0 Å². The highest BCUT2D eigenvalue weighted by molar-refractivity contribution is 5.25. The van der Waals surface area contributed by atoms with Crippen LogP contribution in [0.25, 0.3) is 0 Å². The van der Waals surface area contributed by atoms with E-state index in [1.54, 1.807) is 12.1 Å². The molecule has 102 valence electrons. The molecule has 0 aliphatic rings. The molecular formula is C13H14F3N3. The number of hydrogen-bond acceptors (Lipinski definition) is 2. The molecule has 19 heavy (non-hydrogen) atoms. The zero-order valence-corrected chi connectivity index (χ0v) is 10.4. The van der Waals surface area contributed by atoms with Gasteiger partial charge in [0.25, 0.3) is 0 Å². The van der Waals surface area contributed by atoms with Gasteiger partial charge in [0.2, 0.25) is 0 Å². The number of nitrogens with two attached hydrogens (primary N) is 1. The molecule has 2 N–H and O–H groups in total. The van der Waals surface area contributed by atoms with Crippen LogP contribution in [-0.4, -0.2) is 9.78 Å². The molecule has 0 saturated carbocycles. The molecule has 2 aromatic rings. The second-order valence-electron chi connectivity index (χ2n) is 4.36. The lowest BCUT2D eigenvalue weighted by Gasteiger charge is -2.12. The van der Waals surface area contributed by atoms with Crippen molar-refractivity contribution in [3.63, 3.8) is 0 Å². The highest BCUT2D eigenvalue weighted by atomic mass is 19.4. The van der Waals surface area contributed by atoms with E-state index in [4.69, 9.17) is 5.73 Å². The van der Waals surface area contributed by atoms with Gasteiger partial charge in [0.05, 0.1) is 12.7 Å². The lowest BCUT2D eigenvalue weighted by Crippen LogP contribution is -2.18. The number of alkyl halides is 3. The van der Waals surface area contributed by atoms with Crippen molar-refractivity contribution in [2.75, 3.05) is 0 Å². The third-order valence-corrected chi connectivity index (χ3v) is 2.86. The maximum atomic E-state index is 13.0. The Morgan fingerprint density at radius 1 is 1.21 bits per heavy atom. The van der Waals surface area contributed by atoms with Crippen molar-refractivity contribution in [1.82, 2.24) is 9.78 Å². The zero-order valence-electron chi connectivity index (χ0n) is 10.4. The maximum absolute atomic E-state index is 13.0. The molecule has 0 unspecified atom stereocenters. The number of hydrogen-bond donors (Lipinski definition) is 1. The molecule has 1 aromatic heterocycles. The molecule has 6 heteroatoms. The summed E-state index contributed by atoms with van der Waals surface area (Å²) in [6.07, 6.45) is -3.27. The van der Waals surface area contributed by atoms with Crippen molar-refractivity contribution in [1.29, 1.82) is 0 Å². The summed E-state index contributed by atoms with van der Waals surface area (Å²) in [6, 6.07) is 7.30. The molecule has 2 rings (SSSR count). The first-order valence-electron chi connectivity index (χ1n) is 5.79. The molecule has 0 saturated heterocycles. The summed E-state index contributed by atoms with van der Waals surface area (Å²) < 4.78 is 39.9. The molecule has 1 aromatic carbocycles. The van der Waals surface area contributed by atoms with Gasteiger partial charge in [-0.1, -0.05) is 29.8 Å². The van der Waals surface area contributed by atoms with Crippen LogP contribution in [0.15, 0.2) is 30.5 Å². The highest BCUT2D eigenvalue weighted by Gasteiger charge is 2.37. The monoisotopic (exact) mass is 269 g/mol. The van der Waals surface area contributed by atoms with E-state index in [0.717, 1.165) is 15.8 Å². The molecule has 0 bridgehead atoms. The summed E-state index contributed by atoms with van der Waals surface area (Å²) in [4.78, 5) is 0. The van der Waals surface area contributed by atoms with Crippen LogP contribution in [0.5, 0.6) is 0 Å². The SMILES string of the molecule is Cc1ccc(Cn2ncc(CN)c2C(F)(F)F)cc1. The summed E-state index contributed by atoms with van der Waals surface area (Å²) in [7, 11) is 0. The number of benzene rings is 1. The summed E-state index contributed by atoms with van der Waals surface area (Å²) in [5.41, 5.74) is 6.39. The minimum Gasteiger partial charge on any atom is -0.326 e. The van der Waals surface area contributed by atoms with Gasteiger partial charge in [-0.25, -0.2) is 0 Å². The first-order chi connectivity index (χ1) is 8.91. The van der Waals surface area contributed by atoms with Gasteiger partial charge in [-0.15, -0.1) is 0 Å². The molecule has 3 nitrogen and oxygen atoms in total. The Morgan fingerprint density at radius 3 is 2.37 bits per heavy atom. The average molecular weight is 269 g/mol. The second-order valence-corrected chi connectivity index (χ2v) is 4.36.